The second-order valence-electron chi connectivity index (χ2n) is 11.6. The minimum atomic E-state index is 1.23. The van der Waals surface area contributed by atoms with Crippen LogP contribution in [0, 0.1) is 0 Å². The fourth-order valence-corrected chi connectivity index (χ4v) is 7.31. The van der Waals surface area contributed by atoms with Crippen molar-refractivity contribution in [2.24, 2.45) is 0 Å². The topological polar surface area (TPSA) is 0 Å². The summed E-state index contributed by atoms with van der Waals surface area (Å²) < 4.78 is 0. The van der Waals surface area contributed by atoms with E-state index in [2.05, 4.69) is 170 Å². The maximum atomic E-state index is 2.40. The molecule has 0 unspecified atom stereocenters. The Bertz CT molecular complexity index is 2490. The molecule has 0 amide bonds. The summed E-state index contributed by atoms with van der Waals surface area (Å²) in [5.41, 5.74) is 7.59. The van der Waals surface area contributed by atoms with Crippen molar-refractivity contribution in [2.75, 3.05) is 0 Å². The number of fused-ring (bicyclic) bond motifs is 6. The van der Waals surface area contributed by atoms with Crippen LogP contribution in [0.3, 0.4) is 0 Å². The molecule has 9 aromatic carbocycles. The lowest BCUT2D eigenvalue weighted by molar-refractivity contribution is 1.63. The van der Waals surface area contributed by atoms with Crippen molar-refractivity contribution in [2.45, 2.75) is 0 Å². The van der Waals surface area contributed by atoms with Crippen molar-refractivity contribution < 1.29 is 0 Å². The van der Waals surface area contributed by atoms with E-state index in [9.17, 15) is 0 Å². The highest BCUT2D eigenvalue weighted by molar-refractivity contribution is 6.25. The van der Waals surface area contributed by atoms with Gasteiger partial charge >= 0.3 is 0 Å². The van der Waals surface area contributed by atoms with E-state index in [1.54, 1.807) is 0 Å². The molecule has 0 radical (unpaired) electrons. The summed E-state index contributed by atoms with van der Waals surface area (Å²) in [5, 5.41) is 12.8. The van der Waals surface area contributed by atoms with Crippen LogP contribution in [0.4, 0.5) is 0 Å². The zero-order valence-corrected chi connectivity index (χ0v) is 24.2. The van der Waals surface area contributed by atoms with Gasteiger partial charge in [0.05, 0.1) is 0 Å². The van der Waals surface area contributed by atoms with Gasteiger partial charge in [0, 0.05) is 0 Å². The molecule has 44 heavy (non-hydrogen) atoms. The van der Waals surface area contributed by atoms with E-state index in [0.717, 1.165) is 0 Å². The van der Waals surface area contributed by atoms with Crippen molar-refractivity contribution in [3.8, 4) is 33.4 Å². The zero-order valence-electron chi connectivity index (χ0n) is 24.2. The van der Waals surface area contributed by atoms with Crippen LogP contribution in [-0.4, -0.2) is 0 Å². The molecular formula is C44H28. The van der Waals surface area contributed by atoms with E-state index >= 15 is 0 Å². The van der Waals surface area contributed by atoms with E-state index in [-0.39, 0.29) is 0 Å². The summed E-state index contributed by atoms with van der Waals surface area (Å²) in [5.74, 6) is 0. The minimum Gasteiger partial charge on any atom is -0.0616 e. The fourth-order valence-electron chi connectivity index (χ4n) is 7.31. The summed E-state index contributed by atoms with van der Waals surface area (Å²) in [6.07, 6.45) is 0. The molecule has 0 bridgehead atoms. The van der Waals surface area contributed by atoms with Gasteiger partial charge in [0.15, 0.2) is 0 Å². The standard InChI is InChI=1S/C44H28/c1-3-18-33-29(13-1)15-12-26-34(33)30-16-11-17-32(27-30)43-38-22-7-9-24-40(38)44(41-25-10-8-23-39(41)43)42-28-31-14-2-4-19-35(31)36-20-5-6-21-37(36)42/h1-28H. The van der Waals surface area contributed by atoms with Gasteiger partial charge in [-0.15, -0.1) is 0 Å². The first kappa shape index (κ1) is 24.8. The molecule has 0 aliphatic heterocycles. The van der Waals surface area contributed by atoms with Crippen LogP contribution < -0.4 is 0 Å². The number of rotatable bonds is 3. The third-order valence-corrected chi connectivity index (χ3v) is 9.22. The van der Waals surface area contributed by atoms with Gasteiger partial charge in [0.1, 0.15) is 0 Å². The normalized spacial score (nSPS) is 11.6. The van der Waals surface area contributed by atoms with Crippen molar-refractivity contribution >= 4 is 53.9 Å². The third-order valence-electron chi connectivity index (χ3n) is 9.22. The van der Waals surface area contributed by atoms with Crippen LogP contribution in [-0.2, 0) is 0 Å². The molecule has 0 saturated carbocycles. The number of benzene rings is 9. The summed E-state index contributed by atoms with van der Waals surface area (Å²) in [6, 6.07) is 62.3. The maximum Gasteiger partial charge on any atom is -0.00199 e. The van der Waals surface area contributed by atoms with Gasteiger partial charge in [-0.05, 0) is 99.4 Å². The van der Waals surface area contributed by atoms with Gasteiger partial charge in [0.2, 0.25) is 0 Å². The van der Waals surface area contributed by atoms with Crippen molar-refractivity contribution in [3.63, 3.8) is 0 Å². The van der Waals surface area contributed by atoms with Crippen LogP contribution in [0.5, 0.6) is 0 Å². The van der Waals surface area contributed by atoms with Crippen LogP contribution in [0.25, 0.3) is 87.2 Å². The molecule has 0 spiro atoms. The number of hydrogen-bond acceptors (Lipinski definition) is 0. The molecule has 0 aliphatic carbocycles. The Labute approximate surface area is 256 Å². The van der Waals surface area contributed by atoms with Gasteiger partial charge < -0.3 is 0 Å². The van der Waals surface area contributed by atoms with Gasteiger partial charge in [-0.25, -0.2) is 0 Å². The molecule has 9 aromatic rings. The quantitative estimate of drug-likeness (QED) is 0.150. The molecular weight excluding hydrogens is 528 g/mol. The first-order valence-corrected chi connectivity index (χ1v) is 15.3. The SMILES string of the molecule is c1cc(-c2cccc3ccccc23)cc(-c2c3ccccc3c(-c3cc4ccccc4c4ccccc34)c3ccccc23)c1. The fraction of sp³-hybridized carbons (Fsp3) is 0. The average molecular weight is 557 g/mol. The monoisotopic (exact) mass is 556 g/mol. The van der Waals surface area contributed by atoms with Gasteiger partial charge in [-0.3, -0.25) is 0 Å². The Morgan fingerprint density at radius 2 is 0.705 bits per heavy atom. The second-order valence-corrected chi connectivity index (χ2v) is 11.6. The Morgan fingerprint density at radius 3 is 1.41 bits per heavy atom. The largest absolute Gasteiger partial charge is 0.0616 e. The Hall–Kier alpha value is -5.72. The summed E-state index contributed by atoms with van der Waals surface area (Å²) in [4.78, 5) is 0. The van der Waals surface area contributed by atoms with E-state index < -0.39 is 0 Å². The third kappa shape index (κ3) is 3.78. The molecule has 0 atom stereocenters. The van der Waals surface area contributed by atoms with Crippen LogP contribution in [0.2, 0.25) is 0 Å². The van der Waals surface area contributed by atoms with E-state index in [0.29, 0.717) is 0 Å². The highest BCUT2D eigenvalue weighted by Crippen LogP contribution is 2.47. The van der Waals surface area contributed by atoms with Crippen molar-refractivity contribution in [3.05, 3.63) is 170 Å². The van der Waals surface area contributed by atoms with Gasteiger partial charge in [0.25, 0.3) is 0 Å². The molecule has 9 rings (SSSR count). The first-order valence-electron chi connectivity index (χ1n) is 15.3. The lowest BCUT2D eigenvalue weighted by Gasteiger charge is -2.20. The molecule has 0 aromatic heterocycles. The smallest absolute Gasteiger partial charge is 0.00199 e. The Kier molecular flexibility index (Phi) is 5.61. The van der Waals surface area contributed by atoms with Crippen molar-refractivity contribution in [1.82, 2.24) is 0 Å². The molecule has 0 heterocycles. The summed E-state index contributed by atoms with van der Waals surface area (Å²) in [6.45, 7) is 0. The number of hydrogen-bond donors (Lipinski definition) is 0. The molecule has 0 aliphatic rings. The van der Waals surface area contributed by atoms with E-state index in [1.165, 1.54) is 87.2 Å². The summed E-state index contributed by atoms with van der Waals surface area (Å²) in [7, 11) is 0. The van der Waals surface area contributed by atoms with Crippen LogP contribution >= 0.6 is 0 Å². The molecule has 0 N–H and O–H groups in total. The molecule has 0 saturated heterocycles. The molecule has 0 heteroatoms. The van der Waals surface area contributed by atoms with Crippen LogP contribution in [0.1, 0.15) is 0 Å². The zero-order chi connectivity index (χ0) is 29.0. The average Bonchev–Trinajstić information content (AvgIpc) is 3.10. The molecule has 0 fully saturated rings. The molecule has 204 valence electrons. The first-order chi connectivity index (χ1) is 21.8. The van der Waals surface area contributed by atoms with Gasteiger partial charge in [-0.1, -0.05) is 158 Å². The minimum absolute atomic E-state index is 1.23. The maximum absolute atomic E-state index is 2.40. The van der Waals surface area contributed by atoms with E-state index in [1.807, 2.05) is 0 Å². The second kappa shape index (κ2) is 9.93. The predicted molar refractivity (Wildman–Crippen MR) is 190 cm³/mol. The Balaban J connectivity index is 1.37. The lowest BCUT2D eigenvalue weighted by atomic mass is 9.83. The predicted octanol–water partition coefficient (Wildman–Crippen LogP) is 12.5. The highest BCUT2D eigenvalue weighted by atomic mass is 14.2. The van der Waals surface area contributed by atoms with Gasteiger partial charge in [-0.2, -0.15) is 0 Å². The van der Waals surface area contributed by atoms with E-state index in [4.69, 9.17) is 0 Å². The highest BCUT2D eigenvalue weighted by Gasteiger charge is 2.19. The lowest BCUT2D eigenvalue weighted by Crippen LogP contribution is -1.92. The molecule has 0 nitrogen and oxygen atoms in total. The van der Waals surface area contributed by atoms with Crippen LogP contribution in [0.15, 0.2) is 170 Å². The van der Waals surface area contributed by atoms with Crippen molar-refractivity contribution in [1.29, 1.82) is 0 Å². The Morgan fingerprint density at radius 1 is 0.227 bits per heavy atom. The summed E-state index contributed by atoms with van der Waals surface area (Å²) >= 11 is 0.